The summed E-state index contributed by atoms with van der Waals surface area (Å²) in [5.41, 5.74) is 3.12. The normalized spacial score (nSPS) is 25.6. The summed E-state index contributed by atoms with van der Waals surface area (Å²) >= 11 is 0. The number of para-hydroxylation sites is 1. The number of aromatic amines is 1. The van der Waals surface area contributed by atoms with Crippen molar-refractivity contribution in [1.29, 1.82) is 0 Å². The van der Waals surface area contributed by atoms with E-state index >= 15 is 0 Å². The van der Waals surface area contributed by atoms with Gasteiger partial charge in [0, 0.05) is 42.9 Å². The molecule has 6 amide bonds. The number of rotatable bonds is 9. The van der Waals surface area contributed by atoms with E-state index in [1.807, 2.05) is 84.9 Å². The number of aliphatic hydroxyl groups excluding tert-OH is 1. The number of carbonyl (C=O) groups is 6. The first-order valence-electron chi connectivity index (χ1n) is 21.7. The zero-order valence-electron chi connectivity index (χ0n) is 34.6. The number of amides is 6. The van der Waals surface area contributed by atoms with Crippen LogP contribution in [-0.4, -0.2) is 99.3 Å². The van der Waals surface area contributed by atoms with E-state index in [2.05, 4.69) is 31.6 Å². The number of hydrogen-bond acceptors (Lipinski definition) is 7. The van der Waals surface area contributed by atoms with E-state index in [0.717, 1.165) is 59.7 Å². The Kier molecular flexibility index (Phi) is 14.1. The molecule has 7 atom stereocenters. The lowest BCUT2D eigenvalue weighted by molar-refractivity contribution is -0.143. The second kappa shape index (κ2) is 20.0. The van der Waals surface area contributed by atoms with Crippen LogP contribution in [0.15, 0.2) is 91.1 Å². The second-order valence-corrected chi connectivity index (χ2v) is 16.8. The lowest BCUT2D eigenvalue weighted by Crippen LogP contribution is -2.63. The average Bonchev–Trinajstić information content (AvgIpc) is 3.93. The summed E-state index contributed by atoms with van der Waals surface area (Å²) in [6.07, 6.45) is 6.49. The van der Waals surface area contributed by atoms with Gasteiger partial charge in [-0.2, -0.15) is 0 Å². The predicted molar refractivity (Wildman–Crippen MR) is 230 cm³/mol. The largest absolute Gasteiger partial charge is 0.391 e. The highest BCUT2D eigenvalue weighted by Gasteiger charge is 2.41. The SMILES string of the molecule is C[C@@H](O)[C@@H]1NC(=O)[C@H](CC2CCCCC2)NC(=O)[C@@H](Cc2c[nH]c3ccccc23)NC(=O)[C@H](Cc2ccccc2)NC(=O)[C@@H]2CCCN2C(=O)[C@H](Cc2ccccc2)NC1=O. The zero-order valence-corrected chi connectivity index (χ0v) is 34.6. The summed E-state index contributed by atoms with van der Waals surface area (Å²) < 4.78 is 0. The van der Waals surface area contributed by atoms with Crippen LogP contribution >= 0.6 is 0 Å². The van der Waals surface area contributed by atoms with Crippen LogP contribution < -0.4 is 26.6 Å². The Hall–Kier alpha value is -6.02. The van der Waals surface area contributed by atoms with Gasteiger partial charge < -0.3 is 41.6 Å². The maximum absolute atomic E-state index is 14.6. The summed E-state index contributed by atoms with van der Waals surface area (Å²) in [5, 5.41) is 26.2. The van der Waals surface area contributed by atoms with Crippen LogP contribution in [0.25, 0.3) is 10.9 Å². The number of H-pyrrole nitrogens is 1. The first-order chi connectivity index (χ1) is 29.5. The van der Waals surface area contributed by atoms with Gasteiger partial charge in [0.1, 0.15) is 36.3 Å². The molecule has 3 aliphatic rings. The maximum Gasteiger partial charge on any atom is 0.246 e. The molecule has 0 spiro atoms. The molecular weight excluding hydrogens is 775 g/mol. The Morgan fingerprint density at radius 3 is 1.82 bits per heavy atom. The van der Waals surface area contributed by atoms with E-state index in [9.17, 15) is 33.9 Å². The van der Waals surface area contributed by atoms with Crippen molar-refractivity contribution in [3.05, 3.63) is 108 Å². The molecule has 0 radical (unpaired) electrons. The molecule has 0 unspecified atom stereocenters. The molecule has 2 saturated heterocycles. The van der Waals surface area contributed by atoms with Crippen LogP contribution in [0.5, 0.6) is 0 Å². The molecule has 4 aromatic rings. The number of hydrogen-bond donors (Lipinski definition) is 7. The molecule has 2 aliphatic heterocycles. The van der Waals surface area contributed by atoms with Crippen LogP contribution in [-0.2, 0) is 48.0 Å². The van der Waals surface area contributed by atoms with E-state index < -0.39 is 77.8 Å². The fourth-order valence-corrected chi connectivity index (χ4v) is 9.06. The number of aromatic nitrogens is 1. The van der Waals surface area contributed by atoms with Crippen LogP contribution in [0.2, 0.25) is 0 Å². The Morgan fingerprint density at radius 2 is 1.15 bits per heavy atom. The van der Waals surface area contributed by atoms with Crippen molar-refractivity contribution in [2.45, 2.75) is 120 Å². The predicted octanol–water partition coefficient (Wildman–Crippen LogP) is 2.98. The van der Waals surface area contributed by atoms with Crippen molar-refractivity contribution in [3.8, 4) is 0 Å². The maximum atomic E-state index is 14.6. The smallest absolute Gasteiger partial charge is 0.246 e. The highest BCUT2D eigenvalue weighted by Crippen LogP contribution is 2.28. The summed E-state index contributed by atoms with van der Waals surface area (Å²) in [4.78, 5) is 91.3. The number of aliphatic hydroxyl groups is 1. The lowest BCUT2D eigenvalue weighted by atomic mass is 9.84. The summed E-state index contributed by atoms with van der Waals surface area (Å²) in [5.74, 6) is -3.61. The van der Waals surface area contributed by atoms with Gasteiger partial charge in [0.15, 0.2) is 0 Å². The number of nitrogens with one attached hydrogen (secondary N) is 6. The molecule has 0 bridgehead atoms. The Morgan fingerprint density at radius 1 is 0.590 bits per heavy atom. The third-order valence-corrected chi connectivity index (χ3v) is 12.4. The summed E-state index contributed by atoms with van der Waals surface area (Å²) in [7, 11) is 0. The number of fused-ring (bicyclic) bond motifs is 2. The molecule has 1 aromatic heterocycles. The second-order valence-electron chi connectivity index (χ2n) is 16.8. The third-order valence-electron chi connectivity index (χ3n) is 12.4. The van der Waals surface area contributed by atoms with Gasteiger partial charge in [0.25, 0.3) is 0 Å². The molecular formula is C47H57N7O7. The highest BCUT2D eigenvalue weighted by molar-refractivity contribution is 5.99. The van der Waals surface area contributed by atoms with Gasteiger partial charge in [-0.25, -0.2) is 0 Å². The minimum absolute atomic E-state index is 0.0533. The van der Waals surface area contributed by atoms with E-state index in [4.69, 9.17) is 0 Å². The van der Waals surface area contributed by atoms with Gasteiger partial charge in [-0.3, -0.25) is 28.8 Å². The van der Waals surface area contributed by atoms with Gasteiger partial charge in [-0.1, -0.05) is 111 Å². The van der Waals surface area contributed by atoms with Crippen LogP contribution in [0.4, 0.5) is 0 Å². The van der Waals surface area contributed by atoms with Crippen molar-refractivity contribution in [3.63, 3.8) is 0 Å². The molecule has 14 heteroatoms. The first kappa shape index (κ1) is 43.1. The van der Waals surface area contributed by atoms with Crippen molar-refractivity contribution >= 4 is 46.3 Å². The standard InChI is InChI=1S/C47H57N7O7/c1-29(55)41-46(60)52-39(26-32-18-9-4-10-19-32)47(61)54-23-13-22-40(54)45(59)51-36(24-30-14-5-2-6-15-30)42(56)50-38(27-33-28-48-35-21-12-11-20-34(33)35)43(57)49-37(44(58)53-41)25-31-16-7-3-8-17-31/h2,4-6,9-12,14-15,18-21,28-29,31,36-41,48,55H,3,7-8,13,16-17,22-27H2,1H3,(H,49,57)(H,50,56)(H,51,59)(H,52,60)(H,53,58)/t29-,36+,37+,38-,39+,40+,41+/m1/s1. The van der Waals surface area contributed by atoms with Crippen LogP contribution in [0.1, 0.15) is 75.0 Å². The lowest BCUT2D eigenvalue weighted by Gasteiger charge is -2.33. The van der Waals surface area contributed by atoms with Crippen molar-refractivity contribution < 1.29 is 33.9 Å². The fourth-order valence-electron chi connectivity index (χ4n) is 9.06. The topological polar surface area (TPSA) is 202 Å². The number of benzene rings is 3. The molecule has 14 nitrogen and oxygen atoms in total. The van der Waals surface area contributed by atoms with Crippen molar-refractivity contribution in [1.82, 2.24) is 36.5 Å². The molecule has 7 N–H and O–H groups in total. The van der Waals surface area contributed by atoms with Gasteiger partial charge in [-0.05, 0) is 54.9 Å². The molecule has 1 saturated carbocycles. The molecule has 1 aliphatic carbocycles. The van der Waals surface area contributed by atoms with Gasteiger partial charge in [0.2, 0.25) is 35.4 Å². The van der Waals surface area contributed by atoms with E-state index in [-0.39, 0.29) is 38.1 Å². The third kappa shape index (κ3) is 10.8. The number of nitrogens with zero attached hydrogens (tertiary/aromatic N) is 1. The zero-order chi connectivity index (χ0) is 42.9. The van der Waals surface area contributed by atoms with Gasteiger partial charge in [0.05, 0.1) is 6.10 Å². The minimum Gasteiger partial charge on any atom is -0.391 e. The van der Waals surface area contributed by atoms with Crippen molar-refractivity contribution in [2.75, 3.05) is 6.54 Å². The van der Waals surface area contributed by atoms with Crippen LogP contribution in [0.3, 0.4) is 0 Å². The summed E-state index contributed by atoms with van der Waals surface area (Å²) in [6, 6.07) is 18.9. The molecule has 322 valence electrons. The van der Waals surface area contributed by atoms with Gasteiger partial charge in [-0.15, -0.1) is 0 Å². The average molecular weight is 832 g/mol. The molecule has 7 rings (SSSR count). The first-order valence-corrected chi connectivity index (χ1v) is 21.7. The van der Waals surface area contributed by atoms with E-state index in [0.29, 0.717) is 12.8 Å². The van der Waals surface area contributed by atoms with Crippen LogP contribution in [0, 0.1) is 5.92 Å². The monoisotopic (exact) mass is 831 g/mol. The molecule has 3 fully saturated rings. The highest BCUT2D eigenvalue weighted by atomic mass is 16.3. The minimum atomic E-state index is -1.48. The quantitative estimate of drug-likeness (QED) is 0.134. The number of carbonyl (C=O) groups excluding carboxylic acids is 6. The van der Waals surface area contributed by atoms with Gasteiger partial charge >= 0.3 is 0 Å². The fraction of sp³-hybridized carbons (Fsp3) is 0.447. The Balaban J connectivity index is 1.27. The Labute approximate surface area is 356 Å². The molecule has 3 heterocycles. The molecule has 3 aromatic carbocycles. The summed E-state index contributed by atoms with van der Waals surface area (Å²) in [6.45, 7) is 1.61. The molecule has 61 heavy (non-hydrogen) atoms. The van der Waals surface area contributed by atoms with Crippen molar-refractivity contribution in [2.24, 2.45) is 5.92 Å². The van der Waals surface area contributed by atoms with E-state index in [1.165, 1.54) is 11.8 Å². The Bertz CT molecular complexity index is 2170. The van der Waals surface area contributed by atoms with E-state index in [1.54, 1.807) is 6.20 Å².